The lowest BCUT2D eigenvalue weighted by Crippen LogP contribution is -2.45. The monoisotopic (exact) mass is 478 g/mol. The van der Waals surface area contributed by atoms with Crippen molar-refractivity contribution >= 4 is 33.4 Å². The van der Waals surface area contributed by atoms with E-state index in [1.54, 1.807) is 22.1 Å². The van der Waals surface area contributed by atoms with E-state index in [1.165, 1.54) is 11.3 Å². The number of nitriles is 1. The van der Waals surface area contributed by atoms with Crippen molar-refractivity contribution < 1.29 is 4.79 Å². The molecule has 1 fully saturated rings. The molecule has 4 rings (SSSR count). The second-order valence-electron chi connectivity index (χ2n) is 9.19. The Morgan fingerprint density at radius 1 is 1.38 bits per heavy atom. The summed E-state index contributed by atoms with van der Waals surface area (Å²) < 4.78 is 2.06. The number of hydrogen-bond acceptors (Lipinski definition) is 7. The first-order chi connectivity index (χ1) is 16.4. The van der Waals surface area contributed by atoms with Gasteiger partial charge in [-0.1, -0.05) is 32.0 Å². The Balaban J connectivity index is 1.80. The Bertz CT molecular complexity index is 1290. The van der Waals surface area contributed by atoms with Crippen LogP contribution in [0.5, 0.6) is 0 Å². The average Bonchev–Trinajstić information content (AvgIpc) is 3.25. The number of aromatic nitrogens is 2. The minimum atomic E-state index is -0.215. The molecule has 1 saturated heterocycles. The summed E-state index contributed by atoms with van der Waals surface area (Å²) in [5.74, 6) is 0.763. The molecule has 1 aliphatic heterocycles. The number of carbonyl (C=O) groups is 1. The van der Waals surface area contributed by atoms with Gasteiger partial charge in [0.25, 0.3) is 11.5 Å². The second-order valence-corrected chi connectivity index (χ2v) is 10.1. The smallest absolute Gasteiger partial charge is 0.273 e. The Morgan fingerprint density at radius 3 is 2.91 bits per heavy atom. The van der Waals surface area contributed by atoms with Gasteiger partial charge in [0, 0.05) is 31.1 Å². The van der Waals surface area contributed by atoms with Gasteiger partial charge in [0.15, 0.2) is 0 Å². The lowest BCUT2D eigenvalue weighted by Gasteiger charge is -2.33. The van der Waals surface area contributed by atoms with Crippen molar-refractivity contribution in [2.24, 2.45) is 11.7 Å². The number of carbonyl (C=O) groups excluding carboxylic acids is 1. The molecule has 1 aromatic carbocycles. The predicted molar refractivity (Wildman–Crippen MR) is 135 cm³/mol. The van der Waals surface area contributed by atoms with Crippen LogP contribution < -0.4 is 21.5 Å². The van der Waals surface area contributed by atoms with Gasteiger partial charge in [-0.05, 0) is 36.8 Å². The van der Waals surface area contributed by atoms with Crippen LogP contribution in [-0.4, -0.2) is 41.1 Å². The molecule has 1 aliphatic rings. The van der Waals surface area contributed by atoms with Crippen molar-refractivity contribution in [2.45, 2.75) is 45.7 Å². The fourth-order valence-corrected chi connectivity index (χ4v) is 5.16. The van der Waals surface area contributed by atoms with Crippen molar-refractivity contribution in [1.29, 1.82) is 5.26 Å². The molecule has 178 valence electrons. The van der Waals surface area contributed by atoms with E-state index < -0.39 is 0 Å². The highest BCUT2D eigenvalue weighted by atomic mass is 32.1. The van der Waals surface area contributed by atoms with Gasteiger partial charge in [0.2, 0.25) is 5.95 Å². The molecule has 2 aromatic heterocycles. The maximum atomic E-state index is 13.7. The molecule has 8 nitrogen and oxygen atoms in total. The van der Waals surface area contributed by atoms with Crippen molar-refractivity contribution in [3.8, 4) is 6.07 Å². The molecule has 3 aromatic rings. The lowest BCUT2D eigenvalue weighted by molar-refractivity contribution is 0.0954. The summed E-state index contributed by atoms with van der Waals surface area (Å²) in [5, 5.41) is 14.2. The summed E-state index contributed by atoms with van der Waals surface area (Å²) in [6.45, 7) is 6.32. The van der Waals surface area contributed by atoms with Gasteiger partial charge >= 0.3 is 0 Å². The number of piperidine rings is 1. The molecular formula is C25H30N6O2S. The quantitative estimate of drug-likeness (QED) is 0.539. The Morgan fingerprint density at radius 2 is 2.18 bits per heavy atom. The van der Waals surface area contributed by atoms with Crippen LogP contribution in [0.3, 0.4) is 0 Å². The third-order valence-electron chi connectivity index (χ3n) is 6.12. The fourth-order valence-electron chi connectivity index (χ4n) is 4.23. The third kappa shape index (κ3) is 4.98. The van der Waals surface area contributed by atoms with Gasteiger partial charge < -0.3 is 16.0 Å². The SMILES string of the molecule is CC(C)CCNC(=O)c1csc2c(=O)n(Cc3ccccc3C#N)c(N3CCCC(N)C3)nc12. The molecule has 3 N–H and O–H groups in total. The van der Waals surface area contributed by atoms with Crippen molar-refractivity contribution in [3.05, 3.63) is 56.7 Å². The van der Waals surface area contributed by atoms with E-state index >= 15 is 0 Å². The van der Waals surface area contributed by atoms with Gasteiger partial charge in [-0.15, -0.1) is 11.3 Å². The summed E-state index contributed by atoms with van der Waals surface area (Å²) in [6, 6.07) is 9.45. The van der Waals surface area contributed by atoms with Crippen LogP contribution in [0.15, 0.2) is 34.4 Å². The van der Waals surface area contributed by atoms with Crippen LogP contribution in [0.4, 0.5) is 5.95 Å². The first-order valence-corrected chi connectivity index (χ1v) is 12.6. The molecular weight excluding hydrogens is 448 g/mol. The van der Waals surface area contributed by atoms with Crippen LogP contribution in [-0.2, 0) is 6.54 Å². The maximum absolute atomic E-state index is 13.7. The van der Waals surface area contributed by atoms with E-state index in [1.807, 2.05) is 17.0 Å². The molecule has 1 unspecified atom stereocenters. The topological polar surface area (TPSA) is 117 Å². The van der Waals surface area contributed by atoms with Crippen molar-refractivity contribution in [2.75, 3.05) is 24.5 Å². The van der Waals surface area contributed by atoms with Gasteiger partial charge in [0.05, 0.1) is 23.7 Å². The van der Waals surface area contributed by atoms with E-state index in [2.05, 4.69) is 25.2 Å². The number of nitrogens with two attached hydrogens (primary N) is 1. The minimum Gasteiger partial charge on any atom is -0.352 e. The lowest BCUT2D eigenvalue weighted by atomic mass is 10.1. The number of hydrogen-bond donors (Lipinski definition) is 2. The van der Waals surface area contributed by atoms with Gasteiger partial charge in [0.1, 0.15) is 10.2 Å². The van der Waals surface area contributed by atoms with Crippen LogP contribution >= 0.6 is 11.3 Å². The van der Waals surface area contributed by atoms with E-state index in [9.17, 15) is 14.9 Å². The molecule has 0 spiro atoms. The number of amides is 1. The Kier molecular flexibility index (Phi) is 7.29. The zero-order chi connectivity index (χ0) is 24.2. The zero-order valence-corrected chi connectivity index (χ0v) is 20.4. The number of anilines is 1. The van der Waals surface area contributed by atoms with Gasteiger partial charge in [-0.25, -0.2) is 4.98 Å². The Labute approximate surface area is 203 Å². The Hall–Kier alpha value is -3.22. The number of fused-ring (bicyclic) bond motifs is 1. The third-order valence-corrected chi connectivity index (χ3v) is 7.07. The first kappa shape index (κ1) is 23.9. The van der Waals surface area contributed by atoms with E-state index in [0.29, 0.717) is 46.3 Å². The summed E-state index contributed by atoms with van der Waals surface area (Å²) in [6.07, 6.45) is 2.70. The summed E-state index contributed by atoms with van der Waals surface area (Å²) >= 11 is 1.23. The molecule has 0 saturated carbocycles. The number of nitrogens with one attached hydrogen (secondary N) is 1. The van der Waals surface area contributed by atoms with Gasteiger partial charge in [-0.3, -0.25) is 14.2 Å². The molecule has 34 heavy (non-hydrogen) atoms. The highest BCUT2D eigenvalue weighted by Crippen LogP contribution is 2.26. The largest absolute Gasteiger partial charge is 0.352 e. The van der Waals surface area contributed by atoms with Crippen LogP contribution in [0.1, 0.15) is 54.6 Å². The predicted octanol–water partition coefficient (Wildman–Crippen LogP) is 3.08. The molecule has 0 radical (unpaired) electrons. The number of nitrogens with zero attached hydrogens (tertiary/aromatic N) is 4. The number of benzene rings is 1. The van der Waals surface area contributed by atoms with E-state index in [-0.39, 0.29) is 24.1 Å². The molecule has 1 atom stereocenters. The fraction of sp³-hybridized carbons (Fsp3) is 0.440. The summed E-state index contributed by atoms with van der Waals surface area (Å²) in [4.78, 5) is 33.5. The first-order valence-electron chi connectivity index (χ1n) is 11.7. The van der Waals surface area contributed by atoms with Crippen molar-refractivity contribution in [3.63, 3.8) is 0 Å². The van der Waals surface area contributed by atoms with Crippen LogP contribution in [0.2, 0.25) is 0 Å². The highest BCUT2D eigenvalue weighted by molar-refractivity contribution is 7.17. The molecule has 0 aliphatic carbocycles. The molecule has 1 amide bonds. The average molecular weight is 479 g/mol. The second kappa shape index (κ2) is 10.4. The summed E-state index contributed by atoms with van der Waals surface area (Å²) in [7, 11) is 0. The number of rotatable bonds is 7. The van der Waals surface area contributed by atoms with Crippen molar-refractivity contribution in [1.82, 2.24) is 14.9 Å². The maximum Gasteiger partial charge on any atom is 0.273 e. The van der Waals surface area contributed by atoms with Crippen LogP contribution in [0, 0.1) is 17.2 Å². The zero-order valence-electron chi connectivity index (χ0n) is 19.6. The summed E-state index contributed by atoms with van der Waals surface area (Å²) in [5.41, 5.74) is 8.15. The van der Waals surface area contributed by atoms with E-state index in [0.717, 1.165) is 31.4 Å². The number of thiophene rings is 1. The molecule has 3 heterocycles. The highest BCUT2D eigenvalue weighted by Gasteiger charge is 2.25. The molecule has 0 bridgehead atoms. The molecule has 9 heteroatoms. The van der Waals surface area contributed by atoms with Gasteiger partial charge in [-0.2, -0.15) is 5.26 Å². The normalized spacial score (nSPS) is 16.1. The van der Waals surface area contributed by atoms with Crippen LogP contribution in [0.25, 0.3) is 10.2 Å². The standard InChI is InChI=1S/C25H30N6O2S/c1-16(2)9-10-28-23(32)20-15-34-22-21(20)29-25(30-11-5-8-19(27)14-30)31(24(22)33)13-18-7-4-3-6-17(18)12-26/h3-4,6-7,15-16,19H,5,8-11,13-14,27H2,1-2H3,(H,28,32). The minimum absolute atomic E-state index is 0.0116. The van der Waals surface area contributed by atoms with E-state index in [4.69, 9.17) is 10.7 Å².